The van der Waals surface area contributed by atoms with Crippen molar-refractivity contribution in [3.63, 3.8) is 0 Å². The number of amides is 2. The first-order valence-electron chi connectivity index (χ1n) is 13.9. The summed E-state index contributed by atoms with van der Waals surface area (Å²) in [4.78, 5) is 37.5. The molecular weight excluding hydrogens is 598 g/mol. The summed E-state index contributed by atoms with van der Waals surface area (Å²) in [7, 11) is 0. The highest BCUT2D eigenvalue weighted by atomic mass is 19.4. The third kappa shape index (κ3) is 6.53. The molecule has 2 aromatic heterocycles. The Morgan fingerprint density at radius 3 is 2.64 bits per heavy atom. The van der Waals surface area contributed by atoms with Gasteiger partial charge in [0.05, 0.1) is 5.69 Å². The molecular formula is C31H27F4N5O5. The van der Waals surface area contributed by atoms with Gasteiger partial charge >= 0.3 is 12.5 Å². The molecule has 0 spiro atoms. The number of rotatable bonds is 7. The number of carbonyl (C=O) groups is 2. The molecule has 1 fully saturated rings. The number of piperazine rings is 1. The van der Waals surface area contributed by atoms with Crippen molar-refractivity contribution in [3.8, 4) is 34.8 Å². The third-order valence-corrected chi connectivity index (χ3v) is 6.91. The molecule has 4 aromatic rings. The summed E-state index contributed by atoms with van der Waals surface area (Å²) in [6.45, 7) is 1.68. The Kier molecular flexibility index (Phi) is 8.92. The molecule has 1 unspecified atom stereocenters. The lowest BCUT2D eigenvalue weighted by atomic mass is 10.1. The van der Waals surface area contributed by atoms with E-state index in [2.05, 4.69) is 21.8 Å². The summed E-state index contributed by atoms with van der Waals surface area (Å²) < 4.78 is 65.2. The van der Waals surface area contributed by atoms with E-state index in [1.165, 1.54) is 21.9 Å². The molecule has 234 valence electrons. The van der Waals surface area contributed by atoms with E-state index in [0.717, 1.165) is 18.2 Å². The van der Waals surface area contributed by atoms with Crippen LogP contribution < -0.4 is 15.4 Å². The second kappa shape index (κ2) is 12.8. The van der Waals surface area contributed by atoms with E-state index in [1.807, 2.05) is 0 Å². The fourth-order valence-corrected chi connectivity index (χ4v) is 4.84. The minimum absolute atomic E-state index is 0.0648. The minimum atomic E-state index is -4.73. The number of phenols is 1. The largest absolute Gasteiger partial charge is 0.506 e. The predicted octanol–water partition coefficient (Wildman–Crippen LogP) is 4.69. The molecule has 0 bridgehead atoms. The fraction of sp³-hybridized carbons (Fsp3) is 0.290. The van der Waals surface area contributed by atoms with Crippen molar-refractivity contribution < 1.29 is 41.4 Å². The monoisotopic (exact) mass is 625 g/mol. The topological polar surface area (TPSA) is 135 Å². The number of fused-ring (bicyclic) bond motifs is 1. The van der Waals surface area contributed by atoms with E-state index in [-0.39, 0.29) is 72.2 Å². The average molecular weight is 626 g/mol. The van der Waals surface area contributed by atoms with Gasteiger partial charge < -0.3 is 29.8 Å². The molecule has 2 aromatic carbocycles. The number of ether oxygens (including phenoxy) is 1. The Morgan fingerprint density at radius 1 is 1.16 bits per heavy atom. The van der Waals surface area contributed by atoms with Crippen molar-refractivity contribution in [2.75, 3.05) is 31.1 Å². The Hall–Kier alpha value is -5.16. The van der Waals surface area contributed by atoms with Crippen molar-refractivity contribution in [1.82, 2.24) is 14.9 Å². The van der Waals surface area contributed by atoms with Crippen molar-refractivity contribution >= 4 is 28.4 Å². The molecule has 0 saturated carbocycles. The first-order chi connectivity index (χ1) is 21.5. The normalized spacial score (nSPS) is 14.3. The van der Waals surface area contributed by atoms with Crippen LogP contribution >= 0.6 is 0 Å². The fourth-order valence-electron chi connectivity index (χ4n) is 4.84. The molecule has 1 aliphatic rings. The summed E-state index contributed by atoms with van der Waals surface area (Å²) in [6.07, 6.45) is -6.07. The van der Waals surface area contributed by atoms with Gasteiger partial charge in [-0.1, -0.05) is 25.0 Å². The number of oxazole rings is 1. The van der Waals surface area contributed by atoms with E-state index < -0.39 is 35.8 Å². The Morgan fingerprint density at radius 2 is 1.93 bits per heavy atom. The van der Waals surface area contributed by atoms with E-state index >= 15 is 0 Å². The van der Waals surface area contributed by atoms with E-state index in [4.69, 9.17) is 14.9 Å². The lowest BCUT2D eigenvalue weighted by Crippen LogP contribution is -2.52. The molecule has 3 heterocycles. The van der Waals surface area contributed by atoms with E-state index in [9.17, 15) is 32.3 Å². The summed E-state index contributed by atoms with van der Waals surface area (Å²) in [5.41, 5.74) is 4.62. The number of phenolic OH excluding ortho intramolecular Hbond substituents is 1. The number of nitrogens with zero attached hydrogens (tertiary/aromatic N) is 4. The van der Waals surface area contributed by atoms with Crippen LogP contribution in [0.25, 0.3) is 22.4 Å². The molecule has 1 saturated heterocycles. The van der Waals surface area contributed by atoms with Gasteiger partial charge in [-0.15, -0.1) is 0 Å². The highest BCUT2D eigenvalue weighted by Gasteiger charge is 2.35. The lowest BCUT2D eigenvalue weighted by Gasteiger charge is -2.34. The molecule has 45 heavy (non-hydrogen) atoms. The van der Waals surface area contributed by atoms with Crippen molar-refractivity contribution in [1.29, 1.82) is 0 Å². The molecule has 0 radical (unpaired) electrons. The molecule has 1 aliphatic heterocycles. The Bertz CT molecular complexity index is 1810. The van der Waals surface area contributed by atoms with Crippen molar-refractivity contribution in [2.24, 2.45) is 5.73 Å². The smallest absolute Gasteiger partial charge is 0.433 e. The Balaban J connectivity index is 1.41. The van der Waals surface area contributed by atoms with Crippen LogP contribution in [0.5, 0.6) is 11.5 Å². The van der Waals surface area contributed by atoms with Crippen LogP contribution in [0.3, 0.4) is 0 Å². The van der Waals surface area contributed by atoms with Gasteiger partial charge in [0, 0.05) is 36.9 Å². The van der Waals surface area contributed by atoms with E-state index in [0.29, 0.717) is 12.1 Å². The SMILES string of the molecule is CCC#CC(F)Oc1ccccc1N1CCN(C(=O)c2nc(-c3ccc(O)c4nc(C(F)(F)F)ccc34)oc2CCN)CC1=O. The number of alkyl halides is 4. The van der Waals surface area contributed by atoms with Crippen LogP contribution in [0, 0.1) is 11.8 Å². The van der Waals surface area contributed by atoms with Gasteiger partial charge in [-0.05, 0) is 48.9 Å². The number of benzene rings is 2. The first kappa shape index (κ1) is 31.3. The number of para-hydroxylation sites is 2. The number of anilines is 1. The number of hydrogen-bond acceptors (Lipinski definition) is 8. The zero-order valence-corrected chi connectivity index (χ0v) is 23.9. The summed E-state index contributed by atoms with van der Waals surface area (Å²) in [6, 6.07) is 10.9. The predicted molar refractivity (Wildman–Crippen MR) is 155 cm³/mol. The maximum atomic E-state index is 14.2. The van der Waals surface area contributed by atoms with Crippen LogP contribution in [0.15, 0.2) is 52.9 Å². The maximum absolute atomic E-state index is 14.2. The molecule has 2 amide bonds. The molecule has 14 heteroatoms. The number of aromatic nitrogens is 2. The third-order valence-electron chi connectivity index (χ3n) is 6.91. The number of aromatic hydroxyl groups is 1. The van der Waals surface area contributed by atoms with Gasteiger partial charge in [-0.3, -0.25) is 9.59 Å². The van der Waals surface area contributed by atoms with Gasteiger partial charge in [-0.25, -0.2) is 9.97 Å². The van der Waals surface area contributed by atoms with Gasteiger partial charge in [0.15, 0.2) is 5.69 Å². The molecule has 5 rings (SSSR count). The number of nitrogens with two attached hydrogens (primary N) is 1. The molecule has 1 atom stereocenters. The van der Waals surface area contributed by atoms with Crippen LogP contribution in [0.4, 0.5) is 23.2 Å². The maximum Gasteiger partial charge on any atom is 0.433 e. The van der Waals surface area contributed by atoms with Crippen LogP contribution in [-0.4, -0.2) is 64.3 Å². The lowest BCUT2D eigenvalue weighted by molar-refractivity contribution is -0.141. The zero-order chi connectivity index (χ0) is 32.3. The van der Waals surface area contributed by atoms with Crippen LogP contribution in [0.2, 0.25) is 0 Å². The molecule has 0 aliphatic carbocycles. The van der Waals surface area contributed by atoms with Crippen LogP contribution in [-0.2, 0) is 17.4 Å². The van der Waals surface area contributed by atoms with Crippen LogP contribution in [0.1, 0.15) is 35.3 Å². The number of pyridine rings is 1. The summed E-state index contributed by atoms with van der Waals surface area (Å²) in [5.74, 6) is 3.51. The van der Waals surface area contributed by atoms with Gasteiger partial charge in [0.25, 0.3) is 5.91 Å². The molecule has 3 N–H and O–H groups in total. The summed E-state index contributed by atoms with van der Waals surface area (Å²) in [5, 5.41) is 10.3. The average Bonchev–Trinajstić information content (AvgIpc) is 3.43. The van der Waals surface area contributed by atoms with Gasteiger partial charge in [0.1, 0.15) is 35.0 Å². The summed E-state index contributed by atoms with van der Waals surface area (Å²) >= 11 is 0. The highest BCUT2D eigenvalue weighted by Crippen LogP contribution is 2.37. The number of hydrogen-bond donors (Lipinski definition) is 2. The van der Waals surface area contributed by atoms with Gasteiger partial charge in [0.2, 0.25) is 11.8 Å². The molecule has 10 nitrogen and oxygen atoms in total. The minimum Gasteiger partial charge on any atom is -0.506 e. The standard InChI is InChI=1S/C31H27F4N5O5/c1-2-3-8-25(32)44-22-7-5-4-6-20(22)40-16-15-39(17-26(40)42)30(43)28-23(13-14-36)45-29(38-28)19-9-11-21(41)27-18(19)10-12-24(37-27)31(33,34)35/h4-7,9-12,25,41H,2,13-17,36H2,1H3. The Labute approximate surface area is 254 Å². The highest BCUT2D eigenvalue weighted by molar-refractivity contribution is 6.02. The zero-order valence-electron chi connectivity index (χ0n) is 23.9. The number of carbonyl (C=O) groups excluding carboxylic acids is 2. The van der Waals surface area contributed by atoms with E-state index in [1.54, 1.807) is 25.1 Å². The van der Waals surface area contributed by atoms with Crippen molar-refractivity contribution in [2.45, 2.75) is 32.3 Å². The first-order valence-corrected chi connectivity index (χ1v) is 13.9. The van der Waals surface area contributed by atoms with Crippen molar-refractivity contribution in [3.05, 3.63) is 65.7 Å². The second-order valence-electron chi connectivity index (χ2n) is 9.90. The second-order valence-corrected chi connectivity index (χ2v) is 9.90. The quantitative estimate of drug-likeness (QED) is 0.223. The number of halogens is 4. The van der Waals surface area contributed by atoms with Gasteiger partial charge in [-0.2, -0.15) is 17.6 Å².